The molecule has 0 spiro atoms. The lowest BCUT2D eigenvalue weighted by atomic mass is 9.94. The number of nitrogens with zero attached hydrogens (tertiary/aromatic N) is 3. The number of aromatic nitrogens is 3. The number of hydrogen-bond donors (Lipinski definition) is 0. The Morgan fingerprint density at radius 1 is 0.360 bits per heavy atom. The summed E-state index contributed by atoms with van der Waals surface area (Å²) >= 11 is 1.21. The van der Waals surface area contributed by atoms with Crippen molar-refractivity contribution >= 4 is 63.0 Å². The van der Waals surface area contributed by atoms with Gasteiger partial charge in [0.1, 0.15) is 0 Å². The van der Waals surface area contributed by atoms with Gasteiger partial charge in [0.15, 0.2) is 17.5 Å². The maximum absolute atomic E-state index is 9.91. The van der Waals surface area contributed by atoms with Gasteiger partial charge in [0.05, 0.1) is 37.0 Å². The molecule has 0 fully saturated rings. The molecule has 234 valence electrons. The van der Waals surface area contributed by atoms with Crippen LogP contribution in [0.25, 0.3) is 96.8 Å². The highest BCUT2D eigenvalue weighted by Crippen LogP contribution is 2.45. The van der Waals surface area contributed by atoms with Crippen LogP contribution in [0.15, 0.2) is 163 Å². The van der Waals surface area contributed by atoms with Gasteiger partial charge in [-0.1, -0.05) is 133 Å². The van der Waals surface area contributed by atoms with Crippen molar-refractivity contribution in [2.45, 2.75) is 0 Å². The highest BCUT2D eigenvalue weighted by molar-refractivity contribution is 7.26. The second-order valence-corrected chi connectivity index (χ2v) is 12.4. The first kappa shape index (κ1) is 12.7. The van der Waals surface area contributed by atoms with Crippen LogP contribution in [-0.2, 0) is 0 Å². The largest absolute Gasteiger partial charge is 0.208 e. The maximum Gasteiger partial charge on any atom is 0.165 e. The van der Waals surface area contributed by atoms with Crippen molar-refractivity contribution in [3.8, 4) is 56.4 Å². The standard InChI is InChI=1S/C45H27N3S2/c1-4-13-28(14-5-1)32-25-37(41-35-19-10-11-22-38(35)49-40(41)27-32)31-23-24-33-34-20-12-21-36(42(34)50-39(33)26-31)45-47-43(29-15-6-2-7-16-29)46-44(48-45)30-17-8-3-9-18-30/h1-27H/i1D,2D,3D,4D,5D,6D,7D,8D,9D,10D,11D,12D,13D,14D,15D,16D,17D,18D,19D,20D,21D,22D,23D,24D,25D,26D,27D. The van der Waals surface area contributed by atoms with Crippen LogP contribution < -0.4 is 0 Å². The molecule has 0 amide bonds. The predicted octanol–water partition coefficient (Wildman–Crippen LogP) is 12.9. The topological polar surface area (TPSA) is 38.7 Å². The smallest absolute Gasteiger partial charge is 0.165 e. The summed E-state index contributed by atoms with van der Waals surface area (Å²) in [6.45, 7) is 0. The normalized spacial score (nSPS) is 19.2. The van der Waals surface area contributed by atoms with E-state index in [-0.39, 0.29) is 40.3 Å². The monoisotopic (exact) mass is 700 g/mol. The van der Waals surface area contributed by atoms with Gasteiger partial charge < -0.3 is 0 Å². The predicted molar refractivity (Wildman–Crippen MR) is 213 cm³/mol. The SMILES string of the molecule is [2H]c1c([2H])c([2H])c(-c2nc(-c3c([2H])c([2H])c([2H])c([2H])c3[2H])nc(-c3c([2H])c([2H])c([2H])c4c3sc3c([2H])c(-c5c([2H])c(-c6c([2H])c([2H])c([2H])c([2H])c6[2H])c([2H])c6sc7c([2H])c([2H])c([2H])c([2H])c7c56)c([2H])c([2H])c34)n2)c([2H])c1[2H]. The minimum absolute atomic E-state index is 0.150. The Balaban J connectivity index is 1.38. The maximum atomic E-state index is 9.91. The van der Waals surface area contributed by atoms with Gasteiger partial charge in [-0.3, -0.25) is 0 Å². The van der Waals surface area contributed by atoms with E-state index in [1.807, 2.05) is 0 Å². The number of thiophene rings is 2. The summed E-state index contributed by atoms with van der Waals surface area (Å²) in [5, 5.41) is -1.24. The molecule has 10 aromatic rings. The van der Waals surface area contributed by atoms with Crippen molar-refractivity contribution in [3.63, 3.8) is 0 Å². The minimum Gasteiger partial charge on any atom is -0.208 e. The van der Waals surface area contributed by atoms with Gasteiger partial charge in [-0.05, 0) is 52.5 Å². The van der Waals surface area contributed by atoms with Gasteiger partial charge >= 0.3 is 0 Å². The van der Waals surface area contributed by atoms with E-state index in [4.69, 9.17) is 27.4 Å². The molecule has 7 aromatic carbocycles. The van der Waals surface area contributed by atoms with Crippen molar-refractivity contribution in [2.75, 3.05) is 0 Å². The van der Waals surface area contributed by atoms with Crippen LogP contribution in [0.1, 0.15) is 37.0 Å². The first-order chi connectivity index (χ1) is 36.0. The average molecular weight is 701 g/mol. The minimum atomic E-state index is -0.864. The molecule has 0 unspecified atom stereocenters. The molecule has 5 heteroatoms. The van der Waals surface area contributed by atoms with Crippen molar-refractivity contribution in [2.24, 2.45) is 0 Å². The Kier molecular flexibility index (Phi) is 3.01. The molecule has 3 heterocycles. The lowest BCUT2D eigenvalue weighted by Gasteiger charge is -2.10. The molecule has 3 nitrogen and oxygen atoms in total. The Morgan fingerprint density at radius 2 is 0.960 bits per heavy atom. The second kappa shape index (κ2) is 11.8. The van der Waals surface area contributed by atoms with E-state index in [2.05, 4.69) is 15.0 Å². The van der Waals surface area contributed by atoms with Crippen LogP contribution >= 0.6 is 22.7 Å². The summed E-state index contributed by atoms with van der Waals surface area (Å²) in [4.78, 5) is 13.1. The fourth-order valence-corrected chi connectivity index (χ4v) is 7.43. The second-order valence-electron chi connectivity index (χ2n) is 10.3. The first-order valence-corrected chi connectivity index (χ1v) is 16.0. The zero-order chi connectivity index (χ0) is 56.5. The quantitative estimate of drug-likeness (QED) is 0.179. The highest BCUT2D eigenvalue weighted by Gasteiger charge is 2.18. The fraction of sp³-hybridized carbons (Fsp3) is 0. The average Bonchev–Trinajstić information content (AvgIpc) is 4.02. The van der Waals surface area contributed by atoms with Crippen LogP contribution in [0.5, 0.6) is 0 Å². The van der Waals surface area contributed by atoms with Crippen molar-refractivity contribution in [3.05, 3.63) is 163 Å². The van der Waals surface area contributed by atoms with Crippen LogP contribution in [-0.4, -0.2) is 15.0 Å². The van der Waals surface area contributed by atoms with Gasteiger partial charge in [0.25, 0.3) is 0 Å². The lowest BCUT2D eigenvalue weighted by molar-refractivity contribution is 1.08. The molecular weight excluding hydrogens is 647 g/mol. The molecule has 0 atom stereocenters. The molecule has 0 saturated carbocycles. The van der Waals surface area contributed by atoms with Gasteiger partial charge in [0, 0.05) is 57.0 Å². The van der Waals surface area contributed by atoms with Crippen molar-refractivity contribution in [1.29, 1.82) is 0 Å². The zero-order valence-corrected chi connectivity index (χ0v) is 26.3. The van der Waals surface area contributed by atoms with Crippen molar-refractivity contribution in [1.82, 2.24) is 15.0 Å². The number of benzene rings is 7. The summed E-state index contributed by atoms with van der Waals surface area (Å²) in [5.74, 6) is -2.16. The molecule has 0 aliphatic carbocycles. The molecule has 50 heavy (non-hydrogen) atoms. The Bertz CT molecular complexity index is 4260. The first-order valence-electron chi connectivity index (χ1n) is 27.9. The van der Waals surface area contributed by atoms with Gasteiger partial charge in [-0.15, -0.1) is 22.7 Å². The summed E-state index contributed by atoms with van der Waals surface area (Å²) < 4.78 is 237. The van der Waals surface area contributed by atoms with Crippen LogP contribution in [0.4, 0.5) is 0 Å². The van der Waals surface area contributed by atoms with Crippen LogP contribution in [0, 0.1) is 0 Å². The van der Waals surface area contributed by atoms with E-state index in [9.17, 15) is 9.60 Å². The van der Waals surface area contributed by atoms with Gasteiger partial charge in [0.2, 0.25) is 0 Å². The number of fused-ring (bicyclic) bond motifs is 6. The summed E-state index contributed by atoms with van der Waals surface area (Å²) in [5.41, 5.74) is -4.19. The third kappa shape index (κ3) is 4.90. The Morgan fingerprint density at radius 3 is 1.68 bits per heavy atom. The van der Waals surface area contributed by atoms with E-state index >= 15 is 0 Å². The van der Waals surface area contributed by atoms with E-state index < -0.39 is 220 Å². The lowest BCUT2D eigenvalue weighted by Crippen LogP contribution is -2.00. The Hall–Kier alpha value is -6.01. The van der Waals surface area contributed by atoms with E-state index in [1.54, 1.807) is 0 Å². The molecule has 0 aliphatic heterocycles. The molecule has 3 aromatic heterocycles. The van der Waals surface area contributed by atoms with Crippen LogP contribution in [0.2, 0.25) is 0 Å². The van der Waals surface area contributed by atoms with Gasteiger partial charge in [-0.25, -0.2) is 15.0 Å². The Labute approximate surface area is 334 Å². The number of hydrogen-bond acceptors (Lipinski definition) is 5. The molecule has 0 bridgehead atoms. The van der Waals surface area contributed by atoms with Gasteiger partial charge in [-0.2, -0.15) is 0 Å². The zero-order valence-electron chi connectivity index (χ0n) is 51.7. The van der Waals surface area contributed by atoms with Crippen molar-refractivity contribution < 1.29 is 37.0 Å². The molecule has 0 saturated heterocycles. The highest BCUT2D eigenvalue weighted by atomic mass is 32.1. The van der Waals surface area contributed by atoms with E-state index in [1.165, 1.54) is 0 Å². The summed E-state index contributed by atoms with van der Waals surface area (Å²) in [7, 11) is 0. The molecule has 0 radical (unpaired) electrons. The van der Waals surface area contributed by atoms with Crippen LogP contribution in [0.3, 0.4) is 0 Å². The third-order valence-electron chi connectivity index (χ3n) is 7.44. The molecule has 10 rings (SSSR count). The third-order valence-corrected chi connectivity index (χ3v) is 9.58. The van der Waals surface area contributed by atoms with E-state index in [0.29, 0.717) is 22.7 Å². The molecule has 0 aliphatic rings. The summed E-state index contributed by atoms with van der Waals surface area (Å²) in [6.07, 6.45) is 0. The molecular formula is C45H27N3S2. The summed E-state index contributed by atoms with van der Waals surface area (Å²) in [6, 6.07) is -21.5. The number of rotatable bonds is 5. The van der Waals surface area contributed by atoms with E-state index in [0.717, 1.165) is 0 Å². The molecule has 0 N–H and O–H groups in total. The fourth-order valence-electron chi connectivity index (χ4n) is 5.30.